The SMILES string of the molecule is CC(C)N(CC[C@H](c1ccccc1)c1cc(CCCCOCCCCCCNC[C@H](O[Si-](C)(C)C(C)(C)C)c2ccc(O)c(NS(C)(=O)=O)c2)ccc1O)C(C)C. The highest BCUT2D eigenvalue weighted by atomic mass is 32.2. The number of ether oxygens (including phenoxy) is 1. The van der Waals surface area contributed by atoms with Gasteiger partial charge in [-0.3, -0.25) is 9.62 Å². The van der Waals surface area contributed by atoms with Crippen LogP contribution in [0.5, 0.6) is 11.5 Å². The molecular weight excluding hydrogens is 751 g/mol. The Balaban J connectivity index is 1.40. The molecule has 321 valence electrons. The first-order valence-corrected chi connectivity index (χ1v) is 26.0. The number of hydrogen-bond donors (Lipinski definition) is 4. The van der Waals surface area contributed by atoms with Gasteiger partial charge in [-0.25, -0.2) is 8.42 Å². The predicted octanol–water partition coefficient (Wildman–Crippen LogP) is 10.4. The average Bonchev–Trinajstić information content (AvgIpc) is 3.12. The van der Waals surface area contributed by atoms with E-state index in [1.807, 2.05) is 12.1 Å². The van der Waals surface area contributed by atoms with Crippen molar-refractivity contribution in [2.24, 2.45) is 0 Å². The van der Waals surface area contributed by atoms with Crippen LogP contribution in [0.3, 0.4) is 0 Å². The number of unbranched alkanes of at least 4 members (excludes halogenated alkanes) is 4. The van der Waals surface area contributed by atoms with E-state index in [-0.39, 0.29) is 28.5 Å². The summed E-state index contributed by atoms with van der Waals surface area (Å²) in [6.07, 6.45) is 9.03. The third kappa shape index (κ3) is 16.7. The summed E-state index contributed by atoms with van der Waals surface area (Å²) in [6, 6.07) is 22.7. The van der Waals surface area contributed by atoms with Crippen LogP contribution in [0.4, 0.5) is 5.69 Å². The van der Waals surface area contributed by atoms with Gasteiger partial charge in [0.05, 0.1) is 18.0 Å². The van der Waals surface area contributed by atoms with Gasteiger partial charge in [0.25, 0.3) is 0 Å². The fourth-order valence-corrected chi connectivity index (χ4v) is 8.94. The Labute approximate surface area is 347 Å². The first-order valence-electron chi connectivity index (χ1n) is 21.2. The predicted molar refractivity (Wildman–Crippen MR) is 241 cm³/mol. The molecule has 0 aliphatic rings. The zero-order valence-electron chi connectivity index (χ0n) is 36.7. The summed E-state index contributed by atoms with van der Waals surface area (Å²) in [6.45, 7) is 24.0. The molecule has 0 aromatic heterocycles. The van der Waals surface area contributed by atoms with E-state index in [1.54, 1.807) is 6.07 Å². The minimum atomic E-state index is -3.55. The lowest BCUT2D eigenvalue weighted by molar-refractivity contribution is 0.126. The van der Waals surface area contributed by atoms with Crippen molar-refractivity contribution < 1.29 is 27.8 Å². The second-order valence-corrected chi connectivity index (χ2v) is 24.3. The number of anilines is 1. The van der Waals surface area contributed by atoms with Crippen LogP contribution >= 0.6 is 0 Å². The summed E-state index contributed by atoms with van der Waals surface area (Å²) < 4.78 is 39.0. The number of sulfonamides is 1. The van der Waals surface area contributed by atoms with Gasteiger partial charge in [0.1, 0.15) is 11.5 Å². The van der Waals surface area contributed by atoms with E-state index < -0.39 is 18.3 Å². The lowest BCUT2D eigenvalue weighted by Gasteiger charge is -2.51. The van der Waals surface area contributed by atoms with Crippen molar-refractivity contribution in [3.05, 3.63) is 89.0 Å². The molecule has 11 heteroatoms. The van der Waals surface area contributed by atoms with E-state index in [4.69, 9.17) is 9.16 Å². The fourth-order valence-electron chi connectivity index (χ4n) is 7.09. The lowest BCUT2D eigenvalue weighted by atomic mass is 9.86. The molecule has 3 aromatic carbocycles. The third-order valence-corrected chi connectivity index (χ3v) is 16.4. The smallest absolute Gasteiger partial charge is 0.229 e. The molecule has 57 heavy (non-hydrogen) atoms. The van der Waals surface area contributed by atoms with Gasteiger partial charge in [0, 0.05) is 43.3 Å². The van der Waals surface area contributed by atoms with Gasteiger partial charge in [-0.05, 0) is 123 Å². The molecule has 2 atom stereocenters. The minimum Gasteiger partial charge on any atom is -0.558 e. The number of nitrogens with one attached hydrogen (secondary N) is 2. The van der Waals surface area contributed by atoms with Gasteiger partial charge in [-0.1, -0.05) is 82.1 Å². The van der Waals surface area contributed by atoms with E-state index >= 15 is 0 Å². The van der Waals surface area contributed by atoms with Crippen LogP contribution in [0.1, 0.15) is 128 Å². The maximum Gasteiger partial charge on any atom is 0.229 e. The molecule has 0 unspecified atom stereocenters. The van der Waals surface area contributed by atoms with Crippen molar-refractivity contribution in [3.8, 4) is 11.5 Å². The van der Waals surface area contributed by atoms with E-state index in [0.29, 0.717) is 24.4 Å². The maximum atomic E-state index is 11.9. The molecule has 4 N–H and O–H groups in total. The quantitative estimate of drug-likeness (QED) is 0.0359. The molecule has 0 amide bonds. The first-order chi connectivity index (χ1) is 26.8. The van der Waals surface area contributed by atoms with Crippen LogP contribution in [-0.4, -0.2) is 83.0 Å². The fraction of sp³-hybridized carbons (Fsp3) is 0.609. The monoisotopic (exact) mass is 826 g/mol. The Morgan fingerprint density at radius 1 is 0.789 bits per heavy atom. The molecular formula is C46H75N3O6SSi-. The number of phenols is 2. The molecule has 0 aliphatic carbocycles. The van der Waals surface area contributed by atoms with Crippen molar-refractivity contribution >= 4 is 24.0 Å². The van der Waals surface area contributed by atoms with Crippen LogP contribution in [0.15, 0.2) is 66.7 Å². The second-order valence-electron chi connectivity index (χ2n) is 17.8. The standard InChI is InChI=1S/C46H75N3O6SSi/c1-35(2)49(36(3)4)29-27-40(38-21-14-13-15-22-38)41-32-37(23-25-43(41)50)20-16-19-31-54-30-18-12-11-17-28-47-34-45(55-57(9,10)46(5,6)7)39-24-26-44(51)42(33-39)48-56(8,52)53/h13-15,21-26,32-33,35-36,40,45,47-48,50-51H,11-12,16-20,27-31,34H2,1-10H3/q-1/t40-,45+/m1/s1. The topological polar surface area (TPSA) is 120 Å². The van der Waals surface area contributed by atoms with Crippen LogP contribution in [-0.2, 0) is 25.6 Å². The molecule has 9 nitrogen and oxygen atoms in total. The van der Waals surface area contributed by atoms with E-state index in [1.165, 1.54) is 17.2 Å². The van der Waals surface area contributed by atoms with Crippen LogP contribution in [0, 0.1) is 0 Å². The summed E-state index contributed by atoms with van der Waals surface area (Å²) in [5.74, 6) is 0.394. The van der Waals surface area contributed by atoms with Gasteiger partial charge >= 0.3 is 0 Å². The van der Waals surface area contributed by atoms with Crippen LogP contribution in [0.2, 0.25) is 18.1 Å². The van der Waals surface area contributed by atoms with E-state index in [2.05, 4.69) is 119 Å². The Morgan fingerprint density at radius 3 is 2.05 bits per heavy atom. The van der Waals surface area contributed by atoms with Crippen molar-refractivity contribution in [2.75, 3.05) is 43.8 Å². The molecule has 3 rings (SSSR count). The number of phenolic OH excluding ortho intramolecular Hbond substituents is 2. The second kappa shape index (κ2) is 23.0. The number of aryl methyl sites for hydroxylation is 1. The molecule has 0 spiro atoms. The van der Waals surface area contributed by atoms with Gasteiger partial charge in [-0.2, -0.15) is 0 Å². The Kier molecular flexibility index (Phi) is 19.6. The number of rotatable bonds is 26. The highest BCUT2D eigenvalue weighted by Gasteiger charge is 2.28. The molecule has 0 radical (unpaired) electrons. The maximum absolute atomic E-state index is 11.9. The molecule has 0 aliphatic heterocycles. The van der Waals surface area contributed by atoms with E-state index in [9.17, 15) is 18.6 Å². The minimum absolute atomic E-state index is 0.00484. The highest BCUT2D eigenvalue weighted by Crippen LogP contribution is 2.41. The third-order valence-electron chi connectivity index (χ3n) is 11.3. The number of nitrogens with zero attached hydrogens (tertiary/aromatic N) is 1. The molecule has 0 bridgehead atoms. The number of benzene rings is 3. The van der Waals surface area contributed by atoms with Gasteiger partial charge < -0.3 is 24.7 Å². The van der Waals surface area contributed by atoms with Crippen molar-refractivity contribution in [3.63, 3.8) is 0 Å². The number of aromatic hydroxyl groups is 2. The Morgan fingerprint density at radius 2 is 1.42 bits per heavy atom. The van der Waals surface area contributed by atoms with Crippen molar-refractivity contribution in [1.29, 1.82) is 0 Å². The highest BCUT2D eigenvalue weighted by molar-refractivity contribution is 7.92. The van der Waals surface area contributed by atoms with Gasteiger partial charge in [0.15, 0.2) is 0 Å². The number of hydrogen-bond acceptors (Lipinski definition) is 8. The largest absolute Gasteiger partial charge is 0.558 e. The molecule has 3 aromatic rings. The van der Waals surface area contributed by atoms with Crippen molar-refractivity contribution in [1.82, 2.24) is 10.2 Å². The average molecular weight is 826 g/mol. The molecule has 0 heterocycles. The van der Waals surface area contributed by atoms with Gasteiger partial charge in [-0.15, -0.1) is 18.1 Å². The lowest BCUT2D eigenvalue weighted by Crippen LogP contribution is -2.43. The first kappa shape index (κ1) is 48.4. The summed E-state index contributed by atoms with van der Waals surface area (Å²) in [5.41, 5.74) is 4.51. The van der Waals surface area contributed by atoms with Crippen molar-refractivity contribution in [2.45, 2.75) is 142 Å². The zero-order chi connectivity index (χ0) is 42.2. The zero-order valence-corrected chi connectivity index (χ0v) is 38.6. The van der Waals surface area contributed by atoms with E-state index in [0.717, 1.165) is 95.1 Å². The Hall–Kier alpha value is -2.93. The summed E-state index contributed by atoms with van der Waals surface area (Å²) in [7, 11) is -5.69. The molecule has 0 saturated heterocycles. The summed E-state index contributed by atoms with van der Waals surface area (Å²) in [4.78, 5) is 2.53. The summed E-state index contributed by atoms with van der Waals surface area (Å²) >= 11 is 0. The molecule has 0 saturated carbocycles. The van der Waals surface area contributed by atoms with Crippen LogP contribution < -0.4 is 10.0 Å². The van der Waals surface area contributed by atoms with Gasteiger partial charge in [0.2, 0.25) is 10.0 Å². The normalized spacial score (nSPS) is 13.8. The summed E-state index contributed by atoms with van der Waals surface area (Å²) in [5, 5.41) is 24.9. The Bertz CT molecular complexity index is 1720. The molecule has 0 fully saturated rings. The van der Waals surface area contributed by atoms with Crippen LogP contribution in [0.25, 0.3) is 0 Å².